The molecule has 61 heavy (non-hydrogen) atoms. The van der Waals surface area contributed by atoms with Gasteiger partial charge in [0.1, 0.15) is 22.8 Å². The fraction of sp³-hybridized carbons (Fsp3) is 0.519. The summed E-state index contributed by atoms with van der Waals surface area (Å²) in [4.78, 5) is 16.7. The fourth-order valence-electron chi connectivity index (χ4n) is 7.55. The summed E-state index contributed by atoms with van der Waals surface area (Å²) in [6.45, 7) is 31.5. The van der Waals surface area contributed by atoms with Crippen molar-refractivity contribution in [2.75, 3.05) is 13.2 Å². The zero-order valence-electron chi connectivity index (χ0n) is 39.3. The molecule has 0 heterocycles. The lowest BCUT2D eigenvalue weighted by atomic mass is 9.70. The largest absolute Gasteiger partial charge is 0.506 e. The highest BCUT2D eigenvalue weighted by molar-refractivity contribution is 9.10. The average Bonchev–Trinajstić information content (AvgIpc) is 3.16. The number of phenolic OH excluding ortho intramolecular Hbond substituents is 1. The number of aliphatic imine (C=N–C) groups is 1. The number of ether oxygens (including phenoxy) is 2. The summed E-state index contributed by atoms with van der Waals surface area (Å²) in [5, 5.41) is 37.6. The second kappa shape index (κ2) is 19.5. The van der Waals surface area contributed by atoms with Gasteiger partial charge in [-0.3, -0.25) is 15.1 Å². The molecule has 0 spiro atoms. The first-order valence-electron chi connectivity index (χ1n) is 21.9. The van der Waals surface area contributed by atoms with Crippen LogP contribution < -0.4 is 9.47 Å². The van der Waals surface area contributed by atoms with Gasteiger partial charge in [-0.2, -0.15) is 0 Å². The molecule has 0 aliphatic rings. The maximum Gasteiger partial charge on any atom is 0.271 e. The maximum atomic E-state index is 14.4. The van der Waals surface area contributed by atoms with Gasteiger partial charge < -0.3 is 19.7 Å². The van der Waals surface area contributed by atoms with Gasteiger partial charge in [-0.1, -0.05) is 140 Å². The highest BCUT2D eigenvalue weighted by Crippen LogP contribution is 2.49. The topological polar surface area (TPSA) is 114 Å². The number of rotatable bonds is 16. The predicted octanol–water partition coefficient (Wildman–Crippen LogP) is 13.6. The van der Waals surface area contributed by atoms with Crippen molar-refractivity contribution in [2.24, 2.45) is 4.99 Å². The number of aliphatic hydroxyl groups is 1. The van der Waals surface area contributed by atoms with E-state index in [9.17, 15) is 20.3 Å². The highest BCUT2D eigenvalue weighted by atomic mass is 79.9. The van der Waals surface area contributed by atoms with Gasteiger partial charge in [0.25, 0.3) is 5.69 Å². The van der Waals surface area contributed by atoms with Crippen molar-refractivity contribution >= 4 is 27.8 Å². The Balaban J connectivity index is 2.29. The van der Waals surface area contributed by atoms with Gasteiger partial charge in [0.2, 0.25) is 0 Å². The lowest BCUT2D eigenvalue weighted by Gasteiger charge is -2.40. The molecule has 9 heteroatoms. The molecule has 8 nitrogen and oxygen atoms in total. The summed E-state index contributed by atoms with van der Waals surface area (Å²) in [6.07, 6.45) is 5.55. The van der Waals surface area contributed by atoms with Crippen LogP contribution in [-0.4, -0.2) is 40.6 Å². The Bertz CT molecular complexity index is 2010. The van der Waals surface area contributed by atoms with Crippen molar-refractivity contribution in [3.8, 4) is 17.2 Å². The summed E-state index contributed by atoms with van der Waals surface area (Å²) >= 11 is 3.31. The second-order valence-corrected chi connectivity index (χ2v) is 21.4. The summed E-state index contributed by atoms with van der Waals surface area (Å²) in [7, 11) is 0. The van der Waals surface area contributed by atoms with Crippen molar-refractivity contribution in [1.29, 1.82) is 0 Å². The molecular formula is C52H71BrN2O6. The van der Waals surface area contributed by atoms with Gasteiger partial charge in [0.05, 0.1) is 28.7 Å². The third-order valence-corrected chi connectivity index (χ3v) is 11.8. The molecule has 0 aliphatic carbocycles. The lowest BCUT2D eigenvalue weighted by Crippen LogP contribution is -2.42. The van der Waals surface area contributed by atoms with Gasteiger partial charge in [-0.25, -0.2) is 0 Å². The molecule has 0 fully saturated rings. The molecule has 0 aliphatic heterocycles. The van der Waals surface area contributed by atoms with E-state index >= 15 is 0 Å². The number of nitro groups is 1. The van der Waals surface area contributed by atoms with E-state index < -0.39 is 16.6 Å². The highest BCUT2D eigenvalue weighted by Gasteiger charge is 2.45. The van der Waals surface area contributed by atoms with Crippen molar-refractivity contribution in [3.63, 3.8) is 0 Å². The molecule has 0 bridgehead atoms. The van der Waals surface area contributed by atoms with E-state index in [0.717, 1.165) is 65.0 Å². The lowest BCUT2D eigenvalue weighted by molar-refractivity contribution is -0.385. The second-order valence-electron chi connectivity index (χ2n) is 20.6. The minimum atomic E-state index is -1.82. The van der Waals surface area contributed by atoms with Crippen LogP contribution in [0.5, 0.6) is 17.2 Å². The maximum absolute atomic E-state index is 14.4. The number of nitrogens with zero attached hydrogens (tertiary/aromatic N) is 2. The number of benzene rings is 4. The van der Waals surface area contributed by atoms with E-state index in [2.05, 4.69) is 137 Å². The summed E-state index contributed by atoms with van der Waals surface area (Å²) in [6, 6.07) is 20.0. The number of halogens is 1. The van der Waals surface area contributed by atoms with Gasteiger partial charge in [-0.05, 0) is 97.8 Å². The Morgan fingerprint density at radius 1 is 0.705 bits per heavy atom. The number of hydrogen-bond donors (Lipinski definition) is 2. The van der Waals surface area contributed by atoms with E-state index in [-0.39, 0.29) is 43.1 Å². The molecule has 0 amide bonds. The van der Waals surface area contributed by atoms with Crippen LogP contribution in [0.15, 0.2) is 76.2 Å². The number of nitro benzene ring substituents is 1. The Morgan fingerprint density at radius 2 is 1.11 bits per heavy atom. The van der Waals surface area contributed by atoms with Crippen LogP contribution in [0.25, 0.3) is 0 Å². The van der Waals surface area contributed by atoms with Crippen LogP contribution in [0.3, 0.4) is 0 Å². The third kappa shape index (κ3) is 11.8. The molecule has 1 atom stereocenters. The molecule has 0 saturated heterocycles. The first-order chi connectivity index (χ1) is 28.2. The first kappa shape index (κ1) is 49.4. The average molecular weight is 900 g/mol. The van der Waals surface area contributed by atoms with Gasteiger partial charge in [0, 0.05) is 46.2 Å². The van der Waals surface area contributed by atoms with Gasteiger partial charge in [0.15, 0.2) is 0 Å². The zero-order chi connectivity index (χ0) is 45.7. The Labute approximate surface area is 374 Å². The quantitative estimate of drug-likeness (QED) is 0.0501. The molecule has 0 saturated carbocycles. The Morgan fingerprint density at radius 3 is 1.48 bits per heavy atom. The molecule has 0 aromatic heterocycles. The molecule has 1 unspecified atom stereocenters. The van der Waals surface area contributed by atoms with E-state index in [1.807, 2.05) is 30.3 Å². The zero-order valence-corrected chi connectivity index (χ0v) is 40.8. The number of phenols is 1. The van der Waals surface area contributed by atoms with E-state index in [1.54, 1.807) is 0 Å². The number of hydrogen-bond acceptors (Lipinski definition) is 7. The molecule has 4 aromatic carbocycles. The fourth-order valence-corrected chi connectivity index (χ4v) is 8.01. The number of aromatic hydroxyl groups is 1. The van der Waals surface area contributed by atoms with Crippen LogP contribution in [-0.2, 0) is 33.7 Å². The summed E-state index contributed by atoms with van der Waals surface area (Å²) in [5.74, 6) is 1.48. The summed E-state index contributed by atoms with van der Waals surface area (Å²) < 4.78 is 13.6. The van der Waals surface area contributed by atoms with Crippen molar-refractivity contribution in [3.05, 3.63) is 126 Å². The minimum absolute atomic E-state index is 0.150. The molecule has 2 N–H and O–H groups in total. The van der Waals surface area contributed by atoms with E-state index in [4.69, 9.17) is 14.5 Å². The van der Waals surface area contributed by atoms with Crippen LogP contribution >= 0.6 is 15.9 Å². The van der Waals surface area contributed by atoms with Crippen LogP contribution in [0.4, 0.5) is 5.69 Å². The summed E-state index contributed by atoms with van der Waals surface area (Å²) in [5.41, 5.74) is 2.70. The Hall–Kier alpha value is -4.21. The molecular weight excluding hydrogens is 828 g/mol. The molecule has 4 aromatic rings. The Kier molecular flexibility index (Phi) is 15.8. The standard InChI is InChI=1S/C52H71BrN2O6/c1-15-17-24-60-46-39(48(3,4)5)28-36(29-40(46)49(6,7)8)52(57,37-30-41(50(9,10)11)47(61-25-18-16-2)42(31-37)51(12,13)14)44(26-34-22-20-19-21-23-34)54-33-35-27-38(55(58)59)32-43(53)45(35)56/h19-23,27-33,44,56-57H,15-18,24-26H2,1-14H3. The van der Waals surface area contributed by atoms with Gasteiger partial charge in [-0.15, -0.1) is 0 Å². The third-order valence-electron chi connectivity index (χ3n) is 11.2. The van der Waals surface area contributed by atoms with Crippen LogP contribution in [0.2, 0.25) is 0 Å². The smallest absolute Gasteiger partial charge is 0.271 e. The van der Waals surface area contributed by atoms with Crippen molar-refractivity contribution in [2.45, 2.75) is 162 Å². The van der Waals surface area contributed by atoms with Crippen LogP contribution in [0, 0.1) is 10.1 Å². The molecule has 4 rings (SSSR count). The number of non-ortho nitro benzene ring substituents is 1. The molecule has 332 valence electrons. The van der Waals surface area contributed by atoms with E-state index in [1.165, 1.54) is 18.3 Å². The SMILES string of the molecule is CCCCOc1c(C(C)(C)C)cc(C(O)(c2cc(C(C)(C)C)c(OCCCC)c(C(C)(C)C)c2)C(Cc2ccccc2)N=Cc2cc([N+](=O)[O-])cc(Br)c2O)cc1C(C)(C)C. The molecule has 0 radical (unpaired) electrons. The van der Waals surface area contributed by atoms with E-state index in [0.29, 0.717) is 30.8 Å². The normalized spacial score (nSPS) is 13.4. The van der Waals surface area contributed by atoms with Crippen LogP contribution in [0.1, 0.15) is 167 Å². The number of unbranched alkanes of at least 4 members (excludes halogenated alkanes) is 2. The minimum Gasteiger partial charge on any atom is -0.506 e. The first-order valence-corrected chi connectivity index (χ1v) is 22.6. The monoisotopic (exact) mass is 898 g/mol. The van der Waals surface area contributed by atoms with Crippen molar-refractivity contribution in [1.82, 2.24) is 0 Å². The predicted molar refractivity (Wildman–Crippen MR) is 255 cm³/mol. The van der Waals surface area contributed by atoms with Gasteiger partial charge >= 0.3 is 0 Å². The van der Waals surface area contributed by atoms with Crippen molar-refractivity contribution < 1.29 is 24.6 Å².